The summed E-state index contributed by atoms with van der Waals surface area (Å²) >= 11 is 0. The molecule has 0 aliphatic heterocycles. The van der Waals surface area contributed by atoms with E-state index in [4.69, 9.17) is 0 Å². The van der Waals surface area contributed by atoms with Crippen LogP contribution in [0.5, 0.6) is 0 Å². The van der Waals surface area contributed by atoms with Gasteiger partial charge in [-0.05, 0) is 23.0 Å². The van der Waals surface area contributed by atoms with E-state index in [-0.39, 0.29) is 16.0 Å². The molecule has 3 heteroatoms. The van der Waals surface area contributed by atoms with E-state index < -0.39 is 0 Å². The lowest BCUT2D eigenvalue weighted by molar-refractivity contribution is -0.384. The van der Waals surface area contributed by atoms with Gasteiger partial charge < -0.3 is 0 Å². The molecule has 3 nitrogen and oxygen atoms in total. The molecule has 2 aromatic rings. The van der Waals surface area contributed by atoms with E-state index in [1.807, 2.05) is 30.3 Å². The zero-order chi connectivity index (χ0) is 15.5. The molecule has 2 aromatic carbocycles. The smallest absolute Gasteiger partial charge is 0.258 e. The molecule has 2 rings (SSSR count). The summed E-state index contributed by atoms with van der Waals surface area (Å²) in [5, 5.41) is 10.7. The lowest BCUT2D eigenvalue weighted by atomic mass is 9.73. The van der Waals surface area contributed by atoms with Gasteiger partial charge in [-0.25, -0.2) is 0 Å². The summed E-state index contributed by atoms with van der Waals surface area (Å²) in [5.41, 5.74) is 2.50. The van der Waals surface area contributed by atoms with Crippen LogP contribution in [-0.4, -0.2) is 4.92 Å². The van der Waals surface area contributed by atoms with Gasteiger partial charge in [-0.1, -0.05) is 63.2 Å². The van der Waals surface area contributed by atoms with E-state index in [0.717, 1.165) is 12.0 Å². The molecule has 109 valence electrons. The molecule has 0 fully saturated rings. The van der Waals surface area contributed by atoms with Gasteiger partial charge in [0.15, 0.2) is 0 Å². The predicted molar refractivity (Wildman–Crippen MR) is 85.0 cm³/mol. The van der Waals surface area contributed by atoms with E-state index in [1.165, 1.54) is 11.5 Å². The highest BCUT2D eigenvalue weighted by Gasteiger charge is 2.27. The maximum Gasteiger partial charge on any atom is 0.269 e. The average Bonchev–Trinajstić information content (AvgIpc) is 2.45. The third kappa shape index (κ3) is 3.91. The van der Waals surface area contributed by atoms with Crippen LogP contribution < -0.4 is 0 Å². The minimum absolute atomic E-state index is 0.0448. The van der Waals surface area contributed by atoms with E-state index >= 15 is 0 Å². The average molecular weight is 282 g/mol. The molecular weight excluding hydrogens is 262 g/mol. The largest absolute Gasteiger partial charge is 0.269 e. The van der Waals surface area contributed by atoms with Crippen molar-refractivity contribution >= 4 is 5.69 Å². The van der Waals surface area contributed by atoms with Gasteiger partial charge >= 0.3 is 0 Å². The first-order valence-electron chi connectivity index (χ1n) is 7.03. The number of benzene rings is 2. The Kier molecular flexibility index (Phi) is 4.41. The van der Waals surface area contributed by atoms with E-state index in [2.05, 4.69) is 32.9 Å². The zero-order valence-corrected chi connectivity index (χ0v) is 12.7. The molecule has 0 aromatic heterocycles. The van der Waals surface area contributed by atoms with Crippen molar-refractivity contribution in [3.8, 4) is 0 Å². The minimum atomic E-state index is -0.366. The highest BCUT2D eigenvalue weighted by Crippen LogP contribution is 2.36. The molecule has 0 heterocycles. The molecule has 0 aliphatic rings. The lowest BCUT2D eigenvalue weighted by Crippen LogP contribution is -2.21. The van der Waals surface area contributed by atoms with Crippen molar-refractivity contribution in [2.75, 3.05) is 0 Å². The van der Waals surface area contributed by atoms with E-state index in [0.29, 0.717) is 0 Å². The SMILES string of the molecule is CC(C)(C)[C](Cc1ccc([N+](=O)[O-])cc1)c1ccccc1. The summed E-state index contributed by atoms with van der Waals surface area (Å²) in [6, 6.07) is 17.1. The molecular formula is C18H20NO2. The van der Waals surface area contributed by atoms with Crippen LogP contribution in [0, 0.1) is 21.4 Å². The second-order valence-corrected chi connectivity index (χ2v) is 6.19. The number of hydrogen-bond donors (Lipinski definition) is 0. The van der Waals surface area contributed by atoms with Crippen LogP contribution >= 0.6 is 0 Å². The molecule has 0 saturated heterocycles. The van der Waals surface area contributed by atoms with E-state index in [1.54, 1.807) is 12.1 Å². The van der Waals surface area contributed by atoms with Crippen molar-refractivity contribution in [1.29, 1.82) is 0 Å². The molecule has 0 N–H and O–H groups in total. The topological polar surface area (TPSA) is 43.1 Å². The lowest BCUT2D eigenvalue weighted by Gasteiger charge is -2.30. The number of nitro groups is 1. The summed E-state index contributed by atoms with van der Waals surface area (Å²) in [6.07, 6.45) is 0.797. The van der Waals surface area contributed by atoms with Gasteiger partial charge in [-0.15, -0.1) is 0 Å². The Morgan fingerprint density at radius 2 is 1.57 bits per heavy atom. The molecule has 0 bridgehead atoms. The second kappa shape index (κ2) is 6.08. The van der Waals surface area contributed by atoms with Crippen molar-refractivity contribution in [3.63, 3.8) is 0 Å². The minimum Gasteiger partial charge on any atom is -0.258 e. The van der Waals surface area contributed by atoms with Gasteiger partial charge in [0.1, 0.15) is 0 Å². The number of nitro benzene ring substituents is 1. The van der Waals surface area contributed by atoms with Gasteiger partial charge in [0, 0.05) is 18.1 Å². The Labute approximate surface area is 125 Å². The maximum atomic E-state index is 10.7. The molecule has 0 unspecified atom stereocenters. The quantitative estimate of drug-likeness (QED) is 0.596. The van der Waals surface area contributed by atoms with Crippen LogP contribution in [0.15, 0.2) is 54.6 Å². The maximum absolute atomic E-state index is 10.7. The van der Waals surface area contributed by atoms with Crippen molar-refractivity contribution < 1.29 is 4.92 Å². The van der Waals surface area contributed by atoms with Crippen molar-refractivity contribution in [2.45, 2.75) is 27.2 Å². The Morgan fingerprint density at radius 3 is 2.05 bits per heavy atom. The van der Waals surface area contributed by atoms with Gasteiger partial charge in [-0.3, -0.25) is 10.1 Å². The number of hydrogen-bond acceptors (Lipinski definition) is 2. The van der Waals surface area contributed by atoms with Crippen LogP contribution in [0.4, 0.5) is 5.69 Å². The fraction of sp³-hybridized carbons (Fsp3) is 0.278. The van der Waals surface area contributed by atoms with Gasteiger partial charge in [0.25, 0.3) is 5.69 Å². The summed E-state index contributed by atoms with van der Waals surface area (Å²) in [4.78, 5) is 10.3. The number of nitrogens with zero attached hydrogens (tertiary/aromatic N) is 1. The third-order valence-electron chi connectivity index (χ3n) is 3.56. The molecule has 0 spiro atoms. The Balaban J connectivity index is 2.26. The van der Waals surface area contributed by atoms with Gasteiger partial charge in [0.2, 0.25) is 0 Å². The van der Waals surface area contributed by atoms with Crippen molar-refractivity contribution in [3.05, 3.63) is 81.8 Å². The van der Waals surface area contributed by atoms with Crippen LogP contribution in [0.2, 0.25) is 0 Å². The Bertz CT molecular complexity index is 597. The van der Waals surface area contributed by atoms with Crippen molar-refractivity contribution in [1.82, 2.24) is 0 Å². The van der Waals surface area contributed by atoms with E-state index in [9.17, 15) is 10.1 Å². The Hall–Kier alpha value is -2.16. The predicted octanol–water partition coefficient (Wildman–Crippen LogP) is 4.81. The summed E-state index contributed by atoms with van der Waals surface area (Å²) in [5.74, 6) is 1.33. The first-order chi connectivity index (χ1) is 9.88. The number of non-ortho nitro benzene ring substituents is 1. The summed E-state index contributed by atoms with van der Waals surface area (Å²) in [7, 11) is 0. The first kappa shape index (κ1) is 15.2. The summed E-state index contributed by atoms with van der Waals surface area (Å²) in [6.45, 7) is 6.59. The molecule has 0 aliphatic carbocycles. The third-order valence-corrected chi connectivity index (χ3v) is 3.56. The normalized spacial score (nSPS) is 11.6. The molecule has 0 saturated carbocycles. The Morgan fingerprint density at radius 1 is 1.00 bits per heavy atom. The first-order valence-corrected chi connectivity index (χ1v) is 7.03. The monoisotopic (exact) mass is 282 g/mol. The fourth-order valence-corrected chi connectivity index (χ4v) is 2.38. The number of rotatable bonds is 4. The molecule has 0 amide bonds. The van der Waals surface area contributed by atoms with Crippen LogP contribution in [0.3, 0.4) is 0 Å². The van der Waals surface area contributed by atoms with Crippen LogP contribution in [-0.2, 0) is 6.42 Å². The van der Waals surface area contributed by atoms with Gasteiger partial charge in [0.05, 0.1) is 4.92 Å². The standard InChI is InChI=1S/C18H20NO2/c1-18(2,3)17(15-7-5-4-6-8-15)13-14-9-11-16(12-10-14)19(20)21/h4-12H,13H2,1-3H3. The molecule has 21 heavy (non-hydrogen) atoms. The molecule has 1 radical (unpaired) electrons. The van der Waals surface area contributed by atoms with Crippen LogP contribution in [0.1, 0.15) is 31.9 Å². The summed E-state index contributed by atoms with van der Waals surface area (Å²) < 4.78 is 0. The second-order valence-electron chi connectivity index (χ2n) is 6.19. The fourth-order valence-electron chi connectivity index (χ4n) is 2.38. The highest BCUT2D eigenvalue weighted by atomic mass is 16.6. The van der Waals surface area contributed by atoms with Gasteiger partial charge in [-0.2, -0.15) is 0 Å². The van der Waals surface area contributed by atoms with Crippen molar-refractivity contribution in [2.24, 2.45) is 5.41 Å². The zero-order valence-electron chi connectivity index (χ0n) is 12.7. The van der Waals surface area contributed by atoms with Crippen LogP contribution in [0.25, 0.3) is 0 Å². The molecule has 0 atom stereocenters. The highest BCUT2D eigenvalue weighted by molar-refractivity contribution is 5.40.